The van der Waals surface area contributed by atoms with Gasteiger partial charge in [-0.05, 0) is 205 Å². The van der Waals surface area contributed by atoms with Crippen molar-refractivity contribution in [1.82, 2.24) is 0 Å². The molecule has 0 saturated heterocycles. The second-order valence-electron chi connectivity index (χ2n) is 24.2. The first-order valence-electron chi connectivity index (χ1n) is 29.5. The third kappa shape index (κ3) is 6.58. The lowest BCUT2D eigenvalue weighted by Crippen LogP contribution is -2.55. The van der Waals surface area contributed by atoms with E-state index in [4.69, 9.17) is 0 Å². The molecule has 2 spiro atoms. The fourth-order valence-electron chi connectivity index (χ4n) is 17.6. The highest BCUT2D eigenvalue weighted by atomic mass is 15.1. The van der Waals surface area contributed by atoms with E-state index in [0.717, 1.165) is 30.4 Å². The summed E-state index contributed by atoms with van der Waals surface area (Å²) in [5.41, 5.74) is 29.9. The van der Waals surface area contributed by atoms with Gasteiger partial charge < -0.3 is 4.90 Å². The predicted octanol–water partition coefficient (Wildman–Crippen LogP) is 20.0. The molecule has 18 rings (SSSR count). The first-order valence-corrected chi connectivity index (χ1v) is 29.5. The van der Waals surface area contributed by atoms with E-state index in [-0.39, 0.29) is 5.41 Å². The molecule has 0 amide bonds. The van der Waals surface area contributed by atoms with Crippen LogP contribution in [0.3, 0.4) is 0 Å². The van der Waals surface area contributed by atoms with Crippen molar-refractivity contribution < 1.29 is 0 Å². The number of nitrogens with zero attached hydrogens (tertiary/aromatic N) is 1. The Bertz CT molecular complexity index is 4250. The molecule has 0 aromatic heterocycles. The van der Waals surface area contributed by atoms with Gasteiger partial charge >= 0.3 is 0 Å². The molecule has 7 aliphatic carbocycles. The summed E-state index contributed by atoms with van der Waals surface area (Å²) >= 11 is 0. The van der Waals surface area contributed by atoms with Crippen LogP contribution in [-0.4, -0.2) is 0 Å². The molecule has 0 aliphatic heterocycles. The van der Waals surface area contributed by atoms with E-state index in [1.54, 1.807) is 11.1 Å². The molecule has 0 N–H and O–H groups in total. The van der Waals surface area contributed by atoms with Crippen LogP contribution in [0.15, 0.2) is 261 Å². The first kappa shape index (κ1) is 46.2. The van der Waals surface area contributed by atoms with Crippen LogP contribution >= 0.6 is 0 Å². The van der Waals surface area contributed by atoms with E-state index in [1.807, 2.05) is 0 Å². The van der Waals surface area contributed by atoms with Crippen molar-refractivity contribution >= 4 is 17.1 Å². The average Bonchev–Trinajstić information content (AvgIpc) is 4.04. The van der Waals surface area contributed by atoms with Gasteiger partial charge in [-0.15, -0.1) is 0 Å². The van der Waals surface area contributed by atoms with Gasteiger partial charge in [0.25, 0.3) is 0 Å². The van der Waals surface area contributed by atoms with Crippen LogP contribution in [0.1, 0.15) is 76.6 Å². The molecule has 4 fully saturated rings. The minimum Gasteiger partial charge on any atom is -0.310 e. The number of hydrogen-bond acceptors (Lipinski definition) is 1. The molecule has 11 aromatic rings. The molecule has 1 unspecified atom stereocenters. The van der Waals surface area contributed by atoms with E-state index in [2.05, 4.69) is 266 Å². The molecule has 0 heterocycles. The van der Waals surface area contributed by atoms with Gasteiger partial charge in [0.05, 0.1) is 11.1 Å². The smallest absolute Gasteiger partial charge is 0.0719 e. The normalized spacial score (nSPS) is 22.0. The first-order chi connectivity index (χ1) is 39.6. The monoisotopic (exact) mass is 1020 g/mol. The fraction of sp³-hybridized carbons (Fsp3) is 0.165. The maximum Gasteiger partial charge on any atom is 0.0719 e. The van der Waals surface area contributed by atoms with E-state index < -0.39 is 5.41 Å². The molecule has 382 valence electrons. The molecule has 80 heavy (non-hydrogen) atoms. The van der Waals surface area contributed by atoms with Crippen molar-refractivity contribution in [3.63, 3.8) is 0 Å². The Labute approximate surface area is 470 Å². The van der Waals surface area contributed by atoms with Crippen molar-refractivity contribution in [2.45, 2.75) is 55.8 Å². The maximum absolute atomic E-state index is 2.63. The summed E-state index contributed by atoms with van der Waals surface area (Å²) in [6.45, 7) is 0. The highest BCUT2D eigenvalue weighted by molar-refractivity contribution is 5.97. The number of aryl methyl sites for hydroxylation is 2. The Morgan fingerprint density at radius 3 is 1.44 bits per heavy atom. The van der Waals surface area contributed by atoms with E-state index in [9.17, 15) is 0 Å². The summed E-state index contributed by atoms with van der Waals surface area (Å²) in [4.78, 5) is 2.63. The minimum atomic E-state index is -0.574. The molecule has 4 bridgehead atoms. The summed E-state index contributed by atoms with van der Waals surface area (Å²) in [7, 11) is 0. The number of hydrogen-bond donors (Lipinski definition) is 0. The van der Waals surface area contributed by atoms with E-state index in [0.29, 0.717) is 11.8 Å². The second kappa shape index (κ2) is 17.9. The molecule has 11 aromatic carbocycles. The van der Waals surface area contributed by atoms with Crippen molar-refractivity contribution in [3.8, 4) is 66.8 Å². The Balaban J connectivity index is 0.910. The Morgan fingerprint density at radius 1 is 0.275 bits per heavy atom. The number of benzene rings is 11. The lowest BCUT2D eigenvalue weighted by molar-refractivity contribution is -0.0399. The van der Waals surface area contributed by atoms with Gasteiger partial charge in [0.15, 0.2) is 0 Å². The van der Waals surface area contributed by atoms with Gasteiger partial charge in [0.1, 0.15) is 0 Å². The van der Waals surface area contributed by atoms with Crippen molar-refractivity contribution in [2.75, 3.05) is 4.90 Å². The third-order valence-electron chi connectivity index (χ3n) is 20.4. The Hall–Kier alpha value is -8.78. The Kier molecular flexibility index (Phi) is 10.3. The lowest BCUT2D eigenvalue weighted by atomic mass is 9.43. The highest BCUT2D eigenvalue weighted by Crippen LogP contribution is 2.70. The fourth-order valence-corrected chi connectivity index (χ4v) is 17.6. The molecule has 1 nitrogen and oxygen atoms in total. The molecule has 1 heteroatoms. The topological polar surface area (TPSA) is 3.24 Å². The van der Waals surface area contributed by atoms with Gasteiger partial charge in [-0.25, -0.2) is 0 Å². The average molecular weight is 1020 g/mol. The van der Waals surface area contributed by atoms with Crippen LogP contribution in [0.5, 0.6) is 0 Å². The highest BCUT2D eigenvalue weighted by Gasteiger charge is 2.61. The number of fused-ring (bicyclic) bond motifs is 12. The summed E-state index contributed by atoms with van der Waals surface area (Å²) in [6, 6.07) is 100. The second-order valence-corrected chi connectivity index (χ2v) is 24.2. The zero-order valence-electron chi connectivity index (χ0n) is 45.0. The predicted molar refractivity (Wildman–Crippen MR) is 331 cm³/mol. The summed E-state index contributed by atoms with van der Waals surface area (Å²) in [6.07, 6.45) is 8.86. The van der Waals surface area contributed by atoms with Crippen LogP contribution in [-0.2, 0) is 23.7 Å². The van der Waals surface area contributed by atoms with Crippen LogP contribution in [0, 0.1) is 23.7 Å². The summed E-state index contributed by atoms with van der Waals surface area (Å²) in [5, 5.41) is 0. The van der Waals surface area contributed by atoms with Crippen LogP contribution < -0.4 is 4.90 Å². The van der Waals surface area contributed by atoms with Gasteiger partial charge in [-0.3, -0.25) is 0 Å². The number of rotatable bonds is 7. The molecule has 7 aliphatic rings. The third-order valence-corrected chi connectivity index (χ3v) is 20.4. The summed E-state index contributed by atoms with van der Waals surface area (Å²) in [5.74, 6) is 3.19. The number of para-hydroxylation sites is 1. The SMILES string of the molecule is c1ccc(-c2ccccc2-c2ccc3c(c2)CCc2ccccc2C32c3ccccc3-c3ccc(N(c4ccc5c(c4)-c4ccccc4C54C5CC6CC(C5)CC4C6)c4ccccc4-c4ccccc4-c4ccccc4)cc32)cc1. The zero-order chi connectivity index (χ0) is 52.5. The minimum absolute atomic E-state index is 0.0880. The van der Waals surface area contributed by atoms with Gasteiger partial charge in [-0.2, -0.15) is 0 Å². The Morgan fingerprint density at radius 2 is 0.738 bits per heavy atom. The van der Waals surface area contributed by atoms with Crippen molar-refractivity contribution in [3.05, 3.63) is 305 Å². The molecule has 0 radical (unpaired) electrons. The van der Waals surface area contributed by atoms with Crippen LogP contribution in [0.25, 0.3) is 66.8 Å². The molecular formula is C79H61N. The van der Waals surface area contributed by atoms with Gasteiger partial charge in [-0.1, -0.05) is 231 Å². The van der Waals surface area contributed by atoms with Crippen LogP contribution in [0.4, 0.5) is 17.1 Å². The van der Waals surface area contributed by atoms with Crippen molar-refractivity contribution in [2.24, 2.45) is 23.7 Å². The molecule has 1 atom stereocenters. The lowest BCUT2D eigenvalue weighted by Gasteiger charge is -2.61. The standard InChI is InChI=1S/C79H61N/c1-3-19-53(20-4-1)62-24-8-9-26-64(62)56-37-41-72-57(48-56)36-35-55-23-7-15-31-71(55)79(72)74-33-17-12-28-66(74)68-40-38-61(50-76(68)79)80(77-34-18-14-30-69(77)65-27-11-10-25-63(65)54-21-5-2-6-22-54)60-39-42-75-70(49-60)67-29-13-16-32-73(67)78(75)58-44-51-43-52(46-58)47-59(78)45-51/h1-34,37-42,48-52,58-59H,35-36,43-47H2. The zero-order valence-corrected chi connectivity index (χ0v) is 45.0. The quantitative estimate of drug-likeness (QED) is 0.154. The van der Waals surface area contributed by atoms with Gasteiger partial charge in [0.2, 0.25) is 0 Å². The molecular weight excluding hydrogens is 963 g/mol. The van der Waals surface area contributed by atoms with E-state index in [1.165, 1.54) is 144 Å². The maximum atomic E-state index is 2.63. The number of anilines is 3. The largest absolute Gasteiger partial charge is 0.310 e. The van der Waals surface area contributed by atoms with E-state index >= 15 is 0 Å². The van der Waals surface area contributed by atoms with Gasteiger partial charge in [0, 0.05) is 22.4 Å². The summed E-state index contributed by atoms with van der Waals surface area (Å²) < 4.78 is 0. The van der Waals surface area contributed by atoms with Crippen LogP contribution in [0.2, 0.25) is 0 Å². The molecule has 4 saturated carbocycles. The van der Waals surface area contributed by atoms with Crippen molar-refractivity contribution in [1.29, 1.82) is 0 Å².